The Labute approximate surface area is 160 Å². The van der Waals surface area contributed by atoms with Crippen LogP contribution in [0.5, 0.6) is 0 Å². The van der Waals surface area contributed by atoms with Crippen LogP contribution in [0.3, 0.4) is 0 Å². The van der Waals surface area contributed by atoms with Crippen molar-refractivity contribution in [3.63, 3.8) is 0 Å². The lowest BCUT2D eigenvalue weighted by molar-refractivity contribution is -0.114. The highest BCUT2D eigenvalue weighted by atomic mass is 35.5. The number of carbonyl (C=O) groups excluding carboxylic acids is 2. The lowest BCUT2D eigenvalue weighted by atomic mass is 10.0. The van der Waals surface area contributed by atoms with E-state index < -0.39 is 5.56 Å². The number of fused-ring (bicyclic) bond motifs is 1. The molecule has 0 unspecified atom stereocenters. The molecule has 0 fully saturated rings. The van der Waals surface area contributed by atoms with Crippen molar-refractivity contribution in [1.29, 1.82) is 0 Å². The molecule has 2 N–H and O–H groups in total. The molecule has 3 rings (SSSR count). The van der Waals surface area contributed by atoms with Gasteiger partial charge in [-0.2, -0.15) is 0 Å². The smallest absolute Gasteiger partial charge is 0.259 e. The molecule has 0 aliphatic rings. The van der Waals surface area contributed by atoms with Gasteiger partial charge in [0.1, 0.15) is 0 Å². The van der Waals surface area contributed by atoms with Crippen molar-refractivity contribution >= 4 is 46.0 Å². The summed E-state index contributed by atoms with van der Waals surface area (Å²) >= 11 is 6.03. The maximum atomic E-state index is 12.6. The van der Waals surface area contributed by atoms with Gasteiger partial charge in [-0.1, -0.05) is 29.8 Å². The van der Waals surface area contributed by atoms with Crippen LogP contribution in [-0.4, -0.2) is 16.7 Å². The third-order valence-corrected chi connectivity index (χ3v) is 4.38. The summed E-state index contributed by atoms with van der Waals surface area (Å²) in [4.78, 5) is 38.7. The van der Waals surface area contributed by atoms with Gasteiger partial charge in [-0.3, -0.25) is 14.4 Å². The first-order chi connectivity index (χ1) is 12.8. The fourth-order valence-corrected chi connectivity index (χ4v) is 3.03. The van der Waals surface area contributed by atoms with Crippen LogP contribution in [0.2, 0.25) is 5.02 Å². The van der Waals surface area contributed by atoms with Crippen LogP contribution in [0.15, 0.2) is 53.3 Å². The summed E-state index contributed by atoms with van der Waals surface area (Å²) in [5.74, 6) is -0.541. The molecule has 0 saturated carbocycles. The third kappa shape index (κ3) is 4.15. The molecule has 0 aliphatic heterocycles. The van der Waals surface area contributed by atoms with Crippen molar-refractivity contribution in [2.24, 2.45) is 0 Å². The van der Waals surface area contributed by atoms with Gasteiger partial charge in [0.15, 0.2) is 5.78 Å². The lowest BCUT2D eigenvalue weighted by Gasteiger charge is -2.07. The number of halogens is 1. The van der Waals surface area contributed by atoms with E-state index in [0.29, 0.717) is 21.8 Å². The Balaban J connectivity index is 1.91. The molecule has 0 atom stereocenters. The van der Waals surface area contributed by atoms with Gasteiger partial charge < -0.3 is 10.3 Å². The third-order valence-electron chi connectivity index (χ3n) is 4.14. The molecular weight excluding hydrogens is 364 g/mol. The summed E-state index contributed by atoms with van der Waals surface area (Å²) in [6.07, 6.45) is 2.99. The normalized spacial score (nSPS) is 11.1. The standard InChI is InChI=1S/C21H17ClN2O3/c1-12-17-11-15(22)6-9-18(17)24-21(27)20(12)19(26)10-5-14-3-7-16(8-4-14)23-13(2)25/h3-11H,1-2H3,(H,23,25)(H,24,27). The topological polar surface area (TPSA) is 79.0 Å². The molecule has 5 nitrogen and oxygen atoms in total. The molecule has 1 heterocycles. The number of hydrogen-bond acceptors (Lipinski definition) is 3. The van der Waals surface area contributed by atoms with Crippen molar-refractivity contribution in [3.05, 3.63) is 80.6 Å². The molecule has 0 spiro atoms. The molecule has 0 aliphatic carbocycles. The van der Waals surface area contributed by atoms with Crippen molar-refractivity contribution in [3.8, 4) is 0 Å². The fourth-order valence-electron chi connectivity index (χ4n) is 2.86. The number of nitrogens with one attached hydrogen (secondary N) is 2. The molecule has 1 amide bonds. The highest BCUT2D eigenvalue weighted by Gasteiger charge is 2.14. The zero-order chi connectivity index (χ0) is 19.6. The maximum absolute atomic E-state index is 12.6. The maximum Gasteiger partial charge on any atom is 0.259 e. The number of hydrogen-bond donors (Lipinski definition) is 2. The molecule has 0 bridgehead atoms. The minimum atomic E-state index is -0.432. The number of aromatic nitrogens is 1. The number of ketones is 1. The van der Waals surface area contributed by atoms with Crippen molar-refractivity contribution < 1.29 is 9.59 Å². The second-order valence-electron chi connectivity index (χ2n) is 6.14. The lowest BCUT2D eigenvalue weighted by Crippen LogP contribution is -2.18. The Hall–Kier alpha value is -3.18. The van der Waals surface area contributed by atoms with Crippen LogP contribution in [0.4, 0.5) is 5.69 Å². The largest absolute Gasteiger partial charge is 0.326 e. The van der Waals surface area contributed by atoms with Crippen LogP contribution >= 0.6 is 11.6 Å². The number of aryl methyl sites for hydroxylation is 1. The Morgan fingerprint density at radius 2 is 1.81 bits per heavy atom. The first kappa shape index (κ1) is 18.6. The summed E-state index contributed by atoms with van der Waals surface area (Å²) < 4.78 is 0. The Bertz CT molecular complexity index is 1130. The van der Waals surface area contributed by atoms with E-state index in [-0.39, 0.29) is 17.3 Å². The Morgan fingerprint density at radius 3 is 2.48 bits per heavy atom. The van der Waals surface area contributed by atoms with Gasteiger partial charge in [0.2, 0.25) is 5.91 Å². The van der Waals surface area contributed by atoms with E-state index in [2.05, 4.69) is 10.3 Å². The second kappa shape index (κ2) is 7.60. The summed E-state index contributed by atoms with van der Waals surface area (Å²) in [6, 6.07) is 12.1. The predicted molar refractivity (Wildman–Crippen MR) is 108 cm³/mol. The molecule has 6 heteroatoms. The number of aromatic amines is 1. The van der Waals surface area contributed by atoms with E-state index in [1.54, 1.807) is 55.5 Å². The zero-order valence-corrected chi connectivity index (χ0v) is 15.6. The molecule has 0 saturated heterocycles. The number of benzene rings is 2. The summed E-state index contributed by atoms with van der Waals surface area (Å²) in [5, 5.41) is 3.94. The Kier molecular flexibility index (Phi) is 5.23. The van der Waals surface area contributed by atoms with Crippen LogP contribution in [0.1, 0.15) is 28.4 Å². The number of allylic oxidation sites excluding steroid dienone is 1. The minimum Gasteiger partial charge on any atom is -0.326 e. The number of carbonyl (C=O) groups is 2. The second-order valence-corrected chi connectivity index (χ2v) is 6.58. The summed E-state index contributed by atoms with van der Waals surface area (Å²) in [6.45, 7) is 3.17. The highest BCUT2D eigenvalue weighted by molar-refractivity contribution is 6.31. The predicted octanol–water partition coefficient (Wildman–Crippen LogP) is 4.34. The van der Waals surface area contributed by atoms with Gasteiger partial charge in [0.05, 0.1) is 5.56 Å². The van der Waals surface area contributed by atoms with Gasteiger partial charge in [0, 0.05) is 28.5 Å². The van der Waals surface area contributed by atoms with E-state index in [1.165, 1.54) is 13.0 Å². The van der Waals surface area contributed by atoms with E-state index >= 15 is 0 Å². The molecule has 1 aromatic heterocycles. The number of H-pyrrole nitrogens is 1. The minimum absolute atomic E-state index is 0.0934. The number of pyridine rings is 1. The molecule has 27 heavy (non-hydrogen) atoms. The van der Waals surface area contributed by atoms with E-state index in [4.69, 9.17) is 11.6 Å². The number of anilines is 1. The van der Waals surface area contributed by atoms with Crippen molar-refractivity contribution in [2.45, 2.75) is 13.8 Å². The van der Waals surface area contributed by atoms with Crippen LogP contribution < -0.4 is 10.9 Å². The number of amides is 1. The zero-order valence-electron chi connectivity index (χ0n) is 14.8. The fraction of sp³-hybridized carbons (Fsp3) is 0.0952. The van der Waals surface area contributed by atoms with Crippen molar-refractivity contribution in [1.82, 2.24) is 4.98 Å². The van der Waals surface area contributed by atoms with Gasteiger partial charge in [-0.15, -0.1) is 0 Å². The molecule has 136 valence electrons. The van der Waals surface area contributed by atoms with E-state index in [1.807, 2.05) is 0 Å². The van der Waals surface area contributed by atoms with E-state index in [9.17, 15) is 14.4 Å². The molecule has 3 aromatic rings. The first-order valence-electron chi connectivity index (χ1n) is 8.27. The SMILES string of the molecule is CC(=O)Nc1ccc(C=CC(=O)c2c(C)c3cc(Cl)ccc3[nH]c2=O)cc1. The van der Waals surface area contributed by atoms with Gasteiger partial charge in [0.25, 0.3) is 5.56 Å². The molecule has 2 aromatic carbocycles. The average molecular weight is 381 g/mol. The van der Waals surface area contributed by atoms with Crippen LogP contribution in [0, 0.1) is 6.92 Å². The van der Waals surface area contributed by atoms with E-state index in [0.717, 1.165) is 10.9 Å². The summed E-state index contributed by atoms with van der Waals surface area (Å²) in [5.41, 5.74) is 2.33. The monoisotopic (exact) mass is 380 g/mol. The molecule has 0 radical (unpaired) electrons. The van der Waals surface area contributed by atoms with Crippen LogP contribution in [-0.2, 0) is 4.79 Å². The Morgan fingerprint density at radius 1 is 1.11 bits per heavy atom. The number of rotatable bonds is 4. The van der Waals surface area contributed by atoms with Crippen molar-refractivity contribution in [2.75, 3.05) is 5.32 Å². The van der Waals surface area contributed by atoms with Crippen LogP contribution in [0.25, 0.3) is 17.0 Å². The highest BCUT2D eigenvalue weighted by Crippen LogP contribution is 2.22. The average Bonchev–Trinajstić information content (AvgIpc) is 2.61. The molecular formula is C21H17ClN2O3. The van der Waals surface area contributed by atoms with Gasteiger partial charge in [-0.05, 0) is 54.5 Å². The summed E-state index contributed by atoms with van der Waals surface area (Å²) in [7, 11) is 0. The van der Waals surface area contributed by atoms with Gasteiger partial charge >= 0.3 is 0 Å². The van der Waals surface area contributed by atoms with Gasteiger partial charge in [-0.25, -0.2) is 0 Å². The first-order valence-corrected chi connectivity index (χ1v) is 8.65. The quantitative estimate of drug-likeness (QED) is 0.521.